The Balaban J connectivity index is 2.11. The molecule has 3 aromatic rings. The third kappa shape index (κ3) is 3.71. The third-order valence-electron chi connectivity index (χ3n) is 3.67. The van der Waals surface area contributed by atoms with Crippen LogP contribution in [-0.2, 0) is 15.4 Å². The molecule has 0 aliphatic carbocycles. The van der Waals surface area contributed by atoms with E-state index in [4.69, 9.17) is 11.6 Å². The van der Waals surface area contributed by atoms with Gasteiger partial charge in [0.25, 0.3) is 10.0 Å². The topological polar surface area (TPSA) is 74.8 Å². The van der Waals surface area contributed by atoms with E-state index in [9.17, 15) is 17.2 Å². The van der Waals surface area contributed by atoms with E-state index in [0.717, 1.165) is 5.56 Å². The lowest BCUT2D eigenvalue weighted by Gasteiger charge is -2.11. The highest BCUT2D eigenvalue weighted by Crippen LogP contribution is 2.41. The Labute approximate surface area is 154 Å². The van der Waals surface area contributed by atoms with Crippen molar-refractivity contribution in [2.75, 3.05) is 4.72 Å². The summed E-state index contributed by atoms with van der Waals surface area (Å²) in [7, 11) is -4.00. The zero-order valence-electron chi connectivity index (χ0n) is 13.5. The number of nitrogens with one attached hydrogen (secondary N) is 2. The summed E-state index contributed by atoms with van der Waals surface area (Å²) in [5, 5.41) is 2.11. The average molecular weight is 398 g/mol. The van der Waals surface area contributed by atoms with Gasteiger partial charge in [-0.2, -0.15) is 13.9 Å². The van der Waals surface area contributed by atoms with Gasteiger partial charge in [0.2, 0.25) is 0 Å². The maximum Gasteiger partial charge on any atom is 0.364 e. The summed E-state index contributed by atoms with van der Waals surface area (Å²) >= 11 is 5.16. The largest absolute Gasteiger partial charge is 0.364 e. The third-order valence-corrected chi connectivity index (χ3v) is 5.22. The van der Waals surface area contributed by atoms with Gasteiger partial charge in [-0.1, -0.05) is 48.0 Å². The molecule has 0 spiro atoms. The minimum Gasteiger partial charge on any atom is -0.272 e. The van der Waals surface area contributed by atoms with E-state index in [1.165, 1.54) is 12.1 Å². The number of alkyl halides is 3. The van der Waals surface area contributed by atoms with Crippen LogP contribution in [-0.4, -0.2) is 18.6 Å². The molecule has 2 N–H and O–H groups in total. The molecule has 0 bridgehead atoms. The molecule has 5 nitrogen and oxygen atoms in total. The number of H-pyrrole nitrogens is 1. The van der Waals surface area contributed by atoms with E-state index >= 15 is 0 Å². The van der Waals surface area contributed by atoms with Crippen molar-refractivity contribution in [3.05, 3.63) is 65.9 Å². The number of rotatable bonds is 5. The molecule has 0 fully saturated rings. The molecule has 136 valence electrons. The van der Waals surface area contributed by atoms with Crippen LogP contribution >= 0.6 is 11.6 Å². The Morgan fingerprint density at radius 1 is 1.08 bits per heavy atom. The van der Waals surface area contributed by atoms with Crippen molar-refractivity contribution in [3.8, 4) is 11.1 Å². The molecule has 1 heterocycles. The Hall–Kier alpha value is -2.45. The summed E-state index contributed by atoms with van der Waals surface area (Å²) in [6.45, 7) is 1.84. The lowest BCUT2D eigenvalue weighted by molar-refractivity contribution is 0.0905. The molecule has 2 aromatic carbocycles. The summed E-state index contributed by atoms with van der Waals surface area (Å²) in [5.74, 6) is -0.256. The maximum atomic E-state index is 13.8. The predicted octanol–water partition coefficient (Wildman–Crippen LogP) is 4.47. The van der Waals surface area contributed by atoms with Gasteiger partial charge in [-0.05, 0) is 36.2 Å². The van der Waals surface area contributed by atoms with Gasteiger partial charge >= 0.3 is 5.38 Å². The maximum absolute atomic E-state index is 13.8. The van der Waals surface area contributed by atoms with Crippen LogP contribution in [0.25, 0.3) is 11.1 Å². The summed E-state index contributed by atoms with van der Waals surface area (Å²) < 4.78 is 54.8. The number of aromatic nitrogens is 2. The van der Waals surface area contributed by atoms with Gasteiger partial charge in [-0.15, -0.1) is 0 Å². The smallest absolute Gasteiger partial charge is 0.272 e. The molecule has 0 aliphatic rings. The number of anilines is 1. The van der Waals surface area contributed by atoms with Crippen molar-refractivity contribution in [2.45, 2.75) is 17.2 Å². The first-order valence-electron chi connectivity index (χ1n) is 7.49. The Kier molecular flexibility index (Phi) is 4.72. The first-order chi connectivity index (χ1) is 12.2. The van der Waals surface area contributed by atoms with Crippen LogP contribution in [0.4, 0.5) is 14.6 Å². The summed E-state index contributed by atoms with van der Waals surface area (Å²) in [6.07, 6.45) is 0. The molecule has 0 aliphatic heterocycles. The Bertz CT molecular complexity index is 1010. The molecule has 0 saturated heterocycles. The number of aryl methyl sites for hydroxylation is 1. The number of benzene rings is 2. The van der Waals surface area contributed by atoms with Crippen LogP contribution in [0.3, 0.4) is 0 Å². The predicted molar refractivity (Wildman–Crippen MR) is 95.8 cm³/mol. The quantitative estimate of drug-likeness (QED) is 0.623. The van der Waals surface area contributed by atoms with Crippen LogP contribution in [0.15, 0.2) is 59.5 Å². The fraction of sp³-hybridized carbons (Fsp3) is 0.118. The second kappa shape index (κ2) is 6.69. The van der Waals surface area contributed by atoms with Crippen LogP contribution in [0.5, 0.6) is 0 Å². The molecule has 1 aromatic heterocycles. The van der Waals surface area contributed by atoms with E-state index < -0.39 is 21.1 Å². The van der Waals surface area contributed by atoms with Gasteiger partial charge in [-0.3, -0.25) is 9.82 Å². The van der Waals surface area contributed by atoms with Gasteiger partial charge in [0.1, 0.15) is 5.69 Å². The van der Waals surface area contributed by atoms with Gasteiger partial charge in [0, 0.05) is 0 Å². The number of aromatic amines is 1. The molecule has 0 amide bonds. The SMILES string of the molecule is Cc1ccc(-c2c(NS(=O)(=O)c3ccccc3)n[nH]c2C(F)(F)Cl)cc1. The van der Waals surface area contributed by atoms with E-state index in [1.54, 1.807) is 42.5 Å². The molecular weight excluding hydrogens is 384 g/mol. The number of hydrogen-bond acceptors (Lipinski definition) is 3. The standard InChI is InChI=1S/C17H14ClF2N3O2S/c1-11-7-9-12(10-8-11)14-15(17(18,19)20)21-22-16(14)23-26(24,25)13-5-3-2-4-6-13/h2-10H,1H3,(H2,21,22,23). The van der Waals surface area contributed by atoms with Crippen molar-refractivity contribution >= 4 is 27.4 Å². The van der Waals surface area contributed by atoms with Crippen LogP contribution in [0, 0.1) is 6.92 Å². The van der Waals surface area contributed by atoms with Gasteiger partial charge in [0.15, 0.2) is 5.82 Å². The summed E-state index contributed by atoms with van der Waals surface area (Å²) in [4.78, 5) is -0.0166. The zero-order valence-corrected chi connectivity index (χ0v) is 15.1. The van der Waals surface area contributed by atoms with E-state index in [-0.39, 0.29) is 16.3 Å². The lowest BCUT2D eigenvalue weighted by Crippen LogP contribution is -2.14. The van der Waals surface area contributed by atoms with Gasteiger partial charge in [0.05, 0.1) is 10.5 Å². The average Bonchev–Trinajstić information content (AvgIpc) is 2.99. The number of halogens is 3. The number of hydrogen-bond donors (Lipinski definition) is 2. The van der Waals surface area contributed by atoms with Crippen molar-refractivity contribution in [3.63, 3.8) is 0 Å². The van der Waals surface area contributed by atoms with E-state index in [1.807, 2.05) is 6.92 Å². The molecule has 0 atom stereocenters. The van der Waals surface area contributed by atoms with Gasteiger partial charge in [-0.25, -0.2) is 8.42 Å². The fourth-order valence-corrected chi connectivity index (χ4v) is 3.58. The Morgan fingerprint density at radius 2 is 1.69 bits per heavy atom. The van der Waals surface area contributed by atoms with Crippen LogP contribution < -0.4 is 4.72 Å². The molecule has 26 heavy (non-hydrogen) atoms. The second-order valence-electron chi connectivity index (χ2n) is 5.60. The van der Waals surface area contributed by atoms with Crippen molar-refractivity contribution in [2.24, 2.45) is 0 Å². The molecule has 0 saturated carbocycles. The molecule has 0 unspecified atom stereocenters. The minimum atomic E-state index is -4.00. The van der Waals surface area contributed by atoms with Crippen LogP contribution in [0.1, 0.15) is 11.3 Å². The fourth-order valence-electron chi connectivity index (χ4n) is 2.41. The van der Waals surface area contributed by atoms with Crippen molar-refractivity contribution < 1.29 is 17.2 Å². The highest BCUT2D eigenvalue weighted by atomic mass is 35.5. The second-order valence-corrected chi connectivity index (χ2v) is 7.76. The van der Waals surface area contributed by atoms with Gasteiger partial charge < -0.3 is 0 Å². The van der Waals surface area contributed by atoms with E-state index in [0.29, 0.717) is 5.56 Å². The molecule has 3 rings (SSSR count). The van der Waals surface area contributed by atoms with E-state index in [2.05, 4.69) is 14.9 Å². The van der Waals surface area contributed by atoms with Crippen molar-refractivity contribution in [1.29, 1.82) is 0 Å². The number of nitrogens with zero attached hydrogens (tertiary/aromatic N) is 1. The molecular formula is C17H14ClF2N3O2S. The molecule has 0 radical (unpaired) electrons. The highest BCUT2D eigenvalue weighted by molar-refractivity contribution is 7.92. The summed E-state index contributed by atoms with van der Waals surface area (Å²) in [6, 6.07) is 14.2. The Morgan fingerprint density at radius 3 is 2.27 bits per heavy atom. The normalized spacial score (nSPS) is 12.2. The lowest BCUT2D eigenvalue weighted by atomic mass is 10.0. The first-order valence-corrected chi connectivity index (χ1v) is 9.35. The van der Waals surface area contributed by atoms with Crippen molar-refractivity contribution in [1.82, 2.24) is 10.2 Å². The summed E-state index contributed by atoms with van der Waals surface area (Å²) in [5.41, 5.74) is 0.478. The minimum absolute atomic E-state index is 0.0166. The number of sulfonamides is 1. The zero-order chi connectivity index (χ0) is 18.9. The van der Waals surface area contributed by atoms with Crippen LogP contribution in [0.2, 0.25) is 0 Å². The highest BCUT2D eigenvalue weighted by Gasteiger charge is 2.36. The first kappa shape index (κ1) is 18.3. The monoisotopic (exact) mass is 397 g/mol. The molecule has 9 heteroatoms.